The fourth-order valence-corrected chi connectivity index (χ4v) is 1.91. The summed E-state index contributed by atoms with van der Waals surface area (Å²) in [4.78, 5) is 14.9. The highest BCUT2D eigenvalue weighted by atomic mass is 35.5. The lowest BCUT2D eigenvalue weighted by atomic mass is 10.0. The van der Waals surface area contributed by atoms with Crippen molar-refractivity contribution < 1.29 is 14.6 Å². The summed E-state index contributed by atoms with van der Waals surface area (Å²) in [5, 5.41) is 9.51. The Hall–Kier alpha value is -1.55. The molecule has 1 aliphatic heterocycles. The number of benzene rings is 1. The summed E-state index contributed by atoms with van der Waals surface area (Å²) < 4.78 is 5.39. The number of ether oxygens (including phenoxy) is 1. The van der Waals surface area contributed by atoms with Crippen molar-refractivity contribution in [3.63, 3.8) is 0 Å². The molecule has 1 aromatic carbocycles. The summed E-state index contributed by atoms with van der Waals surface area (Å²) in [7, 11) is 0. The highest BCUT2D eigenvalue weighted by molar-refractivity contribution is 6.31. The molecule has 0 amide bonds. The first-order valence-corrected chi connectivity index (χ1v) is 5.15. The van der Waals surface area contributed by atoms with E-state index in [9.17, 15) is 4.79 Å². The molecule has 1 aliphatic rings. The van der Waals surface area contributed by atoms with Crippen molar-refractivity contribution in [3.8, 4) is 0 Å². The van der Waals surface area contributed by atoms with E-state index >= 15 is 0 Å². The van der Waals surface area contributed by atoms with Gasteiger partial charge in [0.05, 0.1) is 0 Å². The number of carboxylic acids is 1. The molecule has 0 aliphatic carbocycles. The van der Waals surface area contributed by atoms with Gasteiger partial charge >= 0.3 is 5.97 Å². The Bertz CT molecular complexity index is 458. The van der Waals surface area contributed by atoms with Crippen LogP contribution in [0.3, 0.4) is 0 Å². The van der Waals surface area contributed by atoms with Crippen LogP contribution in [0.4, 0.5) is 0 Å². The van der Waals surface area contributed by atoms with Crippen LogP contribution in [0.15, 0.2) is 29.3 Å². The molecule has 5 heteroatoms. The third kappa shape index (κ3) is 1.88. The minimum atomic E-state index is -1.01. The minimum Gasteiger partial charge on any atom is -0.480 e. The number of halogens is 1. The standard InChI is InChI=1S/C11H10ClNO3/c1-6-13-9(11(14)15)10(16-6)7-4-2-3-5-8(7)12/h2-5,9-10H,1H3,(H,14,15). The van der Waals surface area contributed by atoms with Crippen molar-refractivity contribution in [2.45, 2.75) is 19.1 Å². The monoisotopic (exact) mass is 239 g/mol. The van der Waals surface area contributed by atoms with Gasteiger partial charge in [-0.25, -0.2) is 9.79 Å². The van der Waals surface area contributed by atoms with Crippen LogP contribution in [-0.4, -0.2) is 23.0 Å². The quantitative estimate of drug-likeness (QED) is 0.861. The molecule has 4 nitrogen and oxygen atoms in total. The topological polar surface area (TPSA) is 58.9 Å². The van der Waals surface area contributed by atoms with Gasteiger partial charge in [0.1, 0.15) is 0 Å². The Kier molecular flexibility index (Phi) is 2.83. The van der Waals surface area contributed by atoms with Gasteiger partial charge in [-0.3, -0.25) is 0 Å². The van der Waals surface area contributed by atoms with Crippen LogP contribution in [0.1, 0.15) is 18.6 Å². The van der Waals surface area contributed by atoms with Crippen LogP contribution in [0, 0.1) is 0 Å². The maximum Gasteiger partial charge on any atom is 0.332 e. The van der Waals surface area contributed by atoms with Gasteiger partial charge in [-0.1, -0.05) is 29.8 Å². The summed E-state index contributed by atoms with van der Waals surface area (Å²) in [6.07, 6.45) is -0.633. The highest BCUT2D eigenvalue weighted by Gasteiger charge is 2.37. The smallest absolute Gasteiger partial charge is 0.332 e. The minimum absolute atomic E-state index is 0.373. The number of aliphatic carboxylic acids is 1. The molecule has 2 atom stereocenters. The zero-order chi connectivity index (χ0) is 11.7. The highest BCUT2D eigenvalue weighted by Crippen LogP contribution is 2.33. The van der Waals surface area contributed by atoms with E-state index < -0.39 is 18.1 Å². The van der Waals surface area contributed by atoms with Gasteiger partial charge in [0.25, 0.3) is 0 Å². The molecule has 0 aromatic heterocycles. The van der Waals surface area contributed by atoms with E-state index in [1.165, 1.54) is 0 Å². The van der Waals surface area contributed by atoms with E-state index in [0.29, 0.717) is 16.5 Å². The van der Waals surface area contributed by atoms with Crippen molar-refractivity contribution in [1.29, 1.82) is 0 Å². The lowest BCUT2D eigenvalue weighted by Gasteiger charge is -2.15. The fraction of sp³-hybridized carbons (Fsp3) is 0.273. The van der Waals surface area contributed by atoms with Gasteiger partial charge in [-0.05, 0) is 6.07 Å². The zero-order valence-corrected chi connectivity index (χ0v) is 9.31. The molecular formula is C11H10ClNO3. The average Bonchev–Trinajstić information content (AvgIpc) is 2.61. The Balaban J connectivity index is 2.36. The molecule has 1 N–H and O–H groups in total. The summed E-state index contributed by atoms with van der Waals surface area (Å²) >= 11 is 6.00. The Morgan fingerprint density at radius 2 is 2.19 bits per heavy atom. The molecule has 1 aromatic rings. The predicted octanol–water partition coefficient (Wildman–Crippen LogP) is 2.28. The normalized spacial score (nSPS) is 23.8. The first-order valence-electron chi connectivity index (χ1n) is 4.78. The summed E-state index contributed by atoms with van der Waals surface area (Å²) in [5.41, 5.74) is 0.650. The van der Waals surface area contributed by atoms with Crippen molar-refractivity contribution in [1.82, 2.24) is 0 Å². The van der Waals surface area contributed by atoms with Gasteiger partial charge in [0, 0.05) is 17.5 Å². The molecule has 0 saturated heterocycles. The van der Waals surface area contributed by atoms with E-state index in [1.807, 2.05) is 0 Å². The van der Waals surface area contributed by atoms with Gasteiger partial charge in [-0.15, -0.1) is 0 Å². The summed E-state index contributed by atoms with van der Waals surface area (Å²) in [6.45, 7) is 1.63. The average molecular weight is 240 g/mol. The van der Waals surface area contributed by atoms with Crippen LogP contribution in [0.5, 0.6) is 0 Å². The van der Waals surface area contributed by atoms with Crippen LogP contribution in [0.2, 0.25) is 5.02 Å². The predicted molar refractivity (Wildman–Crippen MR) is 59.8 cm³/mol. The number of aliphatic imine (C=N–C) groups is 1. The second-order valence-corrected chi connectivity index (χ2v) is 3.90. The van der Waals surface area contributed by atoms with Crippen LogP contribution >= 0.6 is 11.6 Å². The molecule has 0 spiro atoms. The SMILES string of the molecule is CC1=NC(C(=O)O)C(c2ccccc2Cl)O1. The number of rotatable bonds is 2. The molecule has 16 heavy (non-hydrogen) atoms. The second kappa shape index (κ2) is 4.14. The van der Waals surface area contributed by atoms with Crippen molar-refractivity contribution in [2.24, 2.45) is 4.99 Å². The van der Waals surface area contributed by atoms with Gasteiger partial charge < -0.3 is 9.84 Å². The van der Waals surface area contributed by atoms with Gasteiger partial charge in [0.2, 0.25) is 0 Å². The number of hydrogen-bond donors (Lipinski definition) is 1. The van der Waals surface area contributed by atoms with E-state index in [0.717, 1.165) is 0 Å². The first kappa shape index (κ1) is 11.0. The third-order valence-electron chi connectivity index (χ3n) is 2.37. The molecule has 2 rings (SSSR count). The number of carboxylic acid groups (broad SMARTS) is 1. The summed E-state index contributed by atoms with van der Waals surface area (Å²) in [6, 6.07) is 6.10. The first-order chi connectivity index (χ1) is 7.59. The van der Waals surface area contributed by atoms with Crippen molar-refractivity contribution >= 4 is 23.5 Å². The maximum atomic E-state index is 11.0. The molecule has 2 unspecified atom stereocenters. The zero-order valence-electron chi connectivity index (χ0n) is 8.55. The molecule has 0 bridgehead atoms. The van der Waals surface area contributed by atoms with E-state index in [1.54, 1.807) is 31.2 Å². The second-order valence-electron chi connectivity index (χ2n) is 3.49. The molecule has 0 saturated carbocycles. The molecule has 84 valence electrons. The molecule has 0 radical (unpaired) electrons. The lowest BCUT2D eigenvalue weighted by Crippen LogP contribution is -2.23. The number of nitrogens with zero attached hydrogens (tertiary/aromatic N) is 1. The maximum absolute atomic E-state index is 11.0. The Morgan fingerprint density at radius 1 is 1.50 bits per heavy atom. The third-order valence-corrected chi connectivity index (χ3v) is 2.71. The lowest BCUT2D eigenvalue weighted by molar-refractivity contribution is -0.140. The number of carbonyl (C=O) groups is 1. The van der Waals surface area contributed by atoms with Crippen molar-refractivity contribution in [3.05, 3.63) is 34.9 Å². The molecular weight excluding hydrogens is 230 g/mol. The molecule has 1 heterocycles. The van der Waals surface area contributed by atoms with Gasteiger partial charge in [0.15, 0.2) is 18.0 Å². The van der Waals surface area contributed by atoms with E-state index in [4.69, 9.17) is 21.4 Å². The molecule has 0 fully saturated rings. The number of hydrogen-bond acceptors (Lipinski definition) is 3. The van der Waals surface area contributed by atoms with E-state index in [2.05, 4.69) is 4.99 Å². The van der Waals surface area contributed by atoms with E-state index in [-0.39, 0.29) is 0 Å². The van der Waals surface area contributed by atoms with Gasteiger partial charge in [-0.2, -0.15) is 0 Å². The van der Waals surface area contributed by atoms with Crippen LogP contribution in [0.25, 0.3) is 0 Å². The summed E-state index contributed by atoms with van der Waals surface area (Å²) in [5.74, 6) is -0.640. The Labute approximate surface area is 97.5 Å². The largest absolute Gasteiger partial charge is 0.480 e. The fourth-order valence-electron chi connectivity index (χ4n) is 1.67. The van der Waals surface area contributed by atoms with Crippen molar-refractivity contribution in [2.75, 3.05) is 0 Å². The Morgan fingerprint density at radius 3 is 2.81 bits per heavy atom. The van der Waals surface area contributed by atoms with Crippen LogP contribution < -0.4 is 0 Å². The van der Waals surface area contributed by atoms with Crippen LogP contribution in [-0.2, 0) is 9.53 Å².